The lowest BCUT2D eigenvalue weighted by Crippen LogP contribution is -2.03. The number of rotatable bonds is 1. The van der Waals surface area contributed by atoms with Crippen molar-refractivity contribution in [3.8, 4) is 0 Å². The van der Waals surface area contributed by atoms with E-state index in [1.807, 2.05) is 0 Å². The molecule has 0 saturated heterocycles. The molecule has 4 heteroatoms. The number of hydrogen-bond donors (Lipinski definition) is 1. The van der Waals surface area contributed by atoms with Gasteiger partial charge in [0, 0.05) is 0 Å². The smallest absolute Gasteiger partial charge is 0.137 e. The molecule has 1 aromatic rings. The van der Waals surface area contributed by atoms with Gasteiger partial charge in [-0.1, -0.05) is 0 Å². The predicted molar refractivity (Wildman–Crippen MR) is 51.1 cm³/mol. The van der Waals surface area contributed by atoms with Crippen molar-refractivity contribution >= 4 is 27.5 Å². The summed E-state index contributed by atoms with van der Waals surface area (Å²) < 4.78 is 13.1. The molecule has 12 heavy (non-hydrogen) atoms. The minimum Gasteiger partial charge on any atom is -0.387 e. The van der Waals surface area contributed by atoms with E-state index in [1.165, 1.54) is 6.07 Å². The van der Waals surface area contributed by atoms with Crippen LogP contribution in [0.3, 0.4) is 0 Å². The standard InChI is InChI=1S/C8H8BrFN2/c1-5(11)12-6-2-3-8(10)7(9)4-6/h2-4H,1H3,(H2,11,12). The summed E-state index contributed by atoms with van der Waals surface area (Å²) in [5, 5.41) is 0. The Morgan fingerprint density at radius 1 is 1.58 bits per heavy atom. The van der Waals surface area contributed by atoms with Gasteiger partial charge in [-0.25, -0.2) is 9.38 Å². The third kappa shape index (κ3) is 2.30. The number of nitrogens with zero attached hydrogens (tertiary/aromatic N) is 1. The van der Waals surface area contributed by atoms with Crippen molar-refractivity contribution in [1.29, 1.82) is 0 Å². The number of amidine groups is 1. The summed E-state index contributed by atoms with van der Waals surface area (Å²) in [6.45, 7) is 1.68. The van der Waals surface area contributed by atoms with Gasteiger partial charge in [-0.05, 0) is 41.1 Å². The van der Waals surface area contributed by atoms with Gasteiger partial charge >= 0.3 is 0 Å². The molecule has 2 N–H and O–H groups in total. The highest BCUT2D eigenvalue weighted by Crippen LogP contribution is 2.21. The van der Waals surface area contributed by atoms with E-state index < -0.39 is 0 Å². The fraction of sp³-hybridized carbons (Fsp3) is 0.125. The van der Waals surface area contributed by atoms with Crippen LogP contribution in [0.25, 0.3) is 0 Å². The number of aliphatic imine (C=N–C) groups is 1. The molecule has 0 aliphatic heterocycles. The number of benzene rings is 1. The van der Waals surface area contributed by atoms with Crippen LogP contribution in [0.15, 0.2) is 27.7 Å². The first-order chi connectivity index (χ1) is 5.59. The maximum absolute atomic E-state index is 12.7. The third-order valence-electron chi connectivity index (χ3n) is 1.21. The maximum atomic E-state index is 12.7. The Bertz CT molecular complexity index is 319. The van der Waals surface area contributed by atoms with Crippen LogP contribution in [0.1, 0.15) is 6.92 Å². The van der Waals surface area contributed by atoms with Crippen molar-refractivity contribution in [2.45, 2.75) is 6.92 Å². The molecule has 0 radical (unpaired) electrons. The minimum absolute atomic E-state index is 0.302. The lowest BCUT2D eigenvalue weighted by Gasteiger charge is -1.96. The summed E-state index contributed by atoms with van der Waals surface area (Å²) in [6, 6.07) is 4.48. The second kappa shape index (κ2) is 3.67. The quantitative estimate of drug-likeness (QED) is 0.585. The monoisotopic (exact) mass is 230 g/mol. The molecule has 0 atom stereocenters. The van der Waals surface area contributed by atoms with Gasteiger partial charge < -0.3 is 5.73 Å². The second-order valence-corrected chi connectivity index (χ2v) is 3.21. The Labute approximate surface area is 78.4 Å². The van der Waals surface area contributed by atoms with Crippen LogP contribution < -0.4 is 5.73 Å². The molecule has 64 valence electrons. The van der Waals surface area contributed by atoms with Crippen LogP contribution in [-0.2, 0) is 0 Å². The topological polar surface area (TPSA) is 38.4 Å². The molecule has 0 amide bonds. The summed E-state index contributed by atoms with van der Waals surface area (Å²) in [5.41, 5.74) is 6.00. The summed E-state index contributed by atoms with van der Waals surface area (Å²) in [4.78, 5) is 3.96. The molecule has 0 unspecified atom stereocenters. The van der Waals surface area contributed by atoms with E-state index in [2.05, 4.69) is 20.9 Å². The van der Waals surface area contributed by atoms with E-state index in [1.54, 1.807) is 19.1 Å². The summed E-state index contributed by atoms with van der Waals surface area (Å²) in [7, 11) is 0. The van der Waals surface area contributed by atoms with Gasteiger partial charge in [0.05, 0.1) is 16.0 Å². The molecule has 0 saturated carbocycles. The molecule has 0 aliphatic carbocycles. The Morgan fingerprint density at radius 3 is 2.75 bits per heavy atom. The van der Waals surface area contributed by atoms with E-state index in [0.717, 1.165) is 0 Å². The number of hydrogen-bond acceptors (Lipinski definition) is 1. The first-order valence-electron chi connectivity index (χ1n) is 3.35. The van der Waals surface area contributed by atoms with Crippen LogP contribution in [0, 0.1) is 5.82 Å². The lowest BCUT2D eigenvalue weighted by atomic mass is 10.3. The van der Waals surface area contributed by atoms with Crippen LogP contribution in [-0.4, -0.2) is 5.84 Å². The lowest BCUT2D eigenvalue weighted by molar-refractivity contribution is 0.621. The van der Waals surface area contributed by atoms with E-state index in [4.69, 9.17) is 5.73 Å². The molecule has 0 aromatic heterocycles. The molecule has 0 fully saturated rings. The Balaban J connectivity index is 3.05. The van der Waals surface area contributed by atoms with Crippen LogP contribution in [0.5, 0.6) is 0 Å². The van der Waals surface area contributed by atoms with Crippen LogP contribution in [0.4, 0.5) is 10.1 Å². The Hall–Kier alpha value is -0.900. The zero-order chi connectivity index (χ0) is 9.14. The Morgan fingerprint density at radius 2 is 2.25 bits per heavy atom. The highest BCUT2D eigenvalue weighted by atomic mass is 79.9. The van der Waals surface area contributed by atoms with Gasteiger partial charge in [0.1, 0.15) is 5.82 Å². The summed E-state index contributed by atoms with van der Waals surface area (Å²) in [6.07, 6.45) is 0. The largest absolute Gasteiger partial charge is 0.387 e. The van der Waals surface area contributed by atoms with Gasteiger partial charge in [0.25, 0.3) is 0 Å². The van der Waals surface area contributed by atoms with Crippen LogP contribution >= 0.6 is 15.9 Å². The molecule has 0 spiro atoms. The van der Waals surface area contributed by atoms with Crippen molar-refractivity contribution in [2.24, 2.45) is 10.7 Å². The zero-order valence-corrected chi connectivity index (χ0v) is 8.10. The predicted octanol–water partition coefficient (Wildman–Crippen LogP) is 2.60. The van der Waals surface area contributed by atoms with Gasteiger partial charge in [-0.2, -0.15) is 0 Å². The average molecular weight is 231 g/mol. The van der Waals surface area contributed by atoms with Gasteiger partial charge in [0.15, 0.2) is 0 Å². The highest BCUT2D eigenvalue weighted by Gasteiger charge is 1.98. The molecule has 2 nitrogen and oxygen atoms in total. The molecular weight excluding hydrogens is 223 g/mol. The van der Waals surface area contributed by atoms with Crippen molar-refractivity contribution in [2.75, 3.05) is 0 Å². The number of halogens is 2. The van der Waals surface area contributed by atoms with Crippen molar-refractivity contribution in [3.05, 3.63) is 28.5 Å². The molecule has 1 aromatic carbocycles. The highest BCUT2D eigenvalue weighted by molar-refractivity contribution is 9.10. The van der Waals surface area contributed by atoms with E-state index in [9.17, 15) is 4.39 Å². The van der Waals surface area contributed by atoms with Gasteiger partial charge in [0.2, 0.25) is 0 Å². The van der Waals surface area contributed by atoms with Gasteiger partial charge in [-0.3, -0.25) is 0 Å². The first kappa shape index (κ1) is 9.19. The first-order valence-corrected chi connectivity index (χ1v) is 4.14. The second-order valence-electron chi connectivity index (χ2n) is 2.35. The average Bonchev–Trinajstić information content (AvgIpc) is 1.96. The van der Waals surface area contributed by atoms with Gasteiger partial charge in [-0.15, -0.1) is 0 Å². The molecule has 0 aliphatic rings. The van der Waals surface area contributed by atoms with Crippen molar-refractivity contribution < 1.29 is 4.39 Å². The van der Waals surface area contributed by atoms with E-state index >= 15 is 0 Å². The number of nitrogens with two attached hydrogens (primary N) is 1. The molecule has 1 rings (SSSR count). The van der Waals surface area contributed by atoms with Crippen molar-refractivity contribution in [1.82, 2.24) is 0 Å². The molecular formula is C8H8BrFN2. The molecule has 0 bridgehead atoms. The summed E-state index contributed by atoms with van der Waals surface area (Å²) in [5.74, 6) is 0.150. The molecule has 0 heterocycles. The SMILES string of the molecule is CC(N)=Nc1ccc(F)c(Br)c1. The van der Waals surface area contributed by atoms with E-state index in [-0.39, 0.29) is 5.82 Å². The fourth-order valence-electron chi connectivity index (χ4n) is 0.758. The van der Waals surface area contributed by atoms with Crippen LogP contribution in [0.2, 0.25) is 0 Å². The van der Waals surface area contributed by atoms with Crippen molar-refractivity contribution in [3.63, 3.8) is 0 Å². The minimum atomic E-state index is -0.302. The summed E-state index contributed by atoms with van der Waals surface area (Å²) >= 11 is 3.05. The van der Waals surface area contributed by atoms with E-state index in [0.29, 0.717) is 16.0 Å². The zero-order valence-electron chi connectivity index (χ0n) is 6.51. The third-order valence-corrected chi connectivity index (χ3v) is 1.82. The fourth-order valence-corrected chi connectivity index (χ4v) is 1.12. The maximum Gasteiger partial charge on any atom is 0.137 e. The normalized spacial score (nSPS) is 11.8. The Kier molecular flexibility index (Phi) is 2.81.